The first kappa shape index (κ1) is 12.7. The molecular formula is C10H5Cl2IN2O2. The molecule has 2 rings (SSSR count). The van der Waals surface area contributed by atoms with Crippen LogP contribution in [-0.4, -0.2) is 9.97 Å². The second-order valence-corrected chi connectivity index (χ2v) is 4.87. The van der Waals surface area contributed by atoms with Gasteiger partial charge in [0.25, 0.3) is 5.56 Å². The largest absolute Gasteiger partial charge is 0.436 e. The van der Waals surface area contributed by atoms with Crippen molar-refractivity contribution < 1.29 is 4.74 Å². The summed E-state index contributed by atoms with van der Waals surface area (Å²) in [5.74, 6) is 0.550. The van der Waals surface area contributed by atoms with E-state index in [4.69, 9.17) is 27.9 Å². The molecule has 0 bridgehead atoms. The number of aromatic nitrogens is 2. The lowest BCUT2D eigenvalue weighted by Gasteiger charge is -2.07. The zero-order chi connectivity index (χ0) is 12.4. The summed E-state index contributed by atoms with van der Waals surface area (Å²) in [6, 6.07) is 4.99. The van der Waals surface area contributed by atoms with Gasteiger partial charge < -0.3 is 9.72 Å². The molecule has 7 heteroatoms. The van der Waals surface area contributed by atoms with Gasteiger partial charge in [-0.1, -0.05) is 29.3 Å². The van der Waals surface area contributed by atoms with E-state index in [1.165, 1.54) is 6.33 Å². The Morgan fingerprint density at radius 3 is 2.88 bits per heavy atom. The minimum absolute atomic E-state index is 0.193. The van der Waals surface area contributed by atoms with Gasteiger partial charge in [0.15, 0.2) is 0 Å². The Hall–Kier alpha value is -0.790. The Kier molecular flexibility index (Phi) is 3.90. The predicted octanol–water partition coefficient (Wildman–Crippen LogP) is 3.47. The van der Waals surface area contributed by atoms with Crippen LogP contribution in [0.15, 0.2) is 29.3 Å². The lowest BCUT2D eigenvalue weighted by Crippen LogP contribution is -2.11. The summed E-state index contributed by atoms with van der Waals surface area (Å²) in [4.78, 5) is 17.7. The molecule has 1 aromatic carbocycles. The van der Waals surface area contributed by atoms with Crippen molar-refractivity contribution in [3.63, 3.8) is 0 Å². The molecule has 0 radical (unpaired) electrons. The smallest absolute Gasteiger partial charge is 0.268 e. The van der Waals surface area contributed by atoms with Crippen LogP contribution in [0, 0.1) is 3.57 Å². The molecule has 88 valence electrons. The number of halogens is 3. The summed E-state index contributed by atoms with van der Waals surface area (Å²) in [5.41, 5.74) is -0.270. The highest BCUT2D eigenvalue weighted by Gasteiger charge is 2.11. The number of aromatic amines is 1. The number of rotatable bonds is 2. The third kappa shape index (κ3) is 2.72. The summed E-state index contributed by atoms with van der Waals surface area (Å²) in [7, 11) is 0. The first-order valence-electron chi connectivity index (χ1n) is 4.44. The number of benzene rings is 1. The Labute approximate surface area is 120 Å². The molecule has 0 saturated carbocycles. The molecule has 0 fully saturated rings. The highest BCUT2D eigenvalue weighted by atomic mass is 127. The summed E-state index contributed by atoms with van der Waals surface area (Å²) < 4.78 is 5.79. The molecule has 1 heterocycles. The van der Waals surface area contributed by atoms with Gasteiger partial charge in [-0.25, -0.2) is 4.98 Å². The molecule has 0 aliphatic rings. The molecular weight excluding hydrogens is 378 g/mol. The molecule has 17 heavy (non-hydrogen) atoms. The minimum atomic E-state index is -0.270. The molecule has 0 spiro atoms. The second-order valence-electron chi connectivity index (χ2n) is 3.00. The van der Waals surface area contributed by atoms with Crippen molar-refractivity contribution in [3.05, 3.63) is 48.5 Å². The van der Waals surface area contributed by atoms with Crippen LogP contribution in [0.2, 0.25) is 10.0 Å². The normalized spacial score (nSPS) is 10.3. The van der Waals surface area contributed by atoms with Gasteiger partial charge in [-0.3, -0.25) is 4.79 Å². The molecule has 0 amide bonds. The number of ether oxygens (including phenoxy) is 1. The average Bonchev–Trinajstić information content (AvgIpc) is 2.31. The highest BCUT2D eigenvalue weighted by Crippen LogP contribution is 2.34. The maximum Gasteiger partial charge on any atom is 0.268 e. The van der Waals surface area contributed by atoms with Crippen LogP contribution in [0.5, 0.6) is 11.6 Å². The van der Waals surface area contributed by atoms with Gasteiger partial charge in [0.05, 0.1) is 11.3 Å². The third-order valence-corrected chi connectivity index (χ3v) is 3.64. The molecule has 1 aromatic heterocycles. The molecule has 4 nitrogen and oxygen atoms in total. The molecule has 0 atom stereocenters. The van der Waals surface area contributed by atoms with E-state index < -0.39 is 0 Å². The SMILES string of the molecule is O=c1[nH]cnc(Oc2cccc(Cl)c2Cl)c1I. The number of hydrogen-bond acceptors (Lipinski definition) is 3. The van der Waals surface area contributed by atoms with Crippen LogP contribution in [0.3, 0.4) is 0 Å². The van der Waals surface area contributed by atoms with E-state index in [0.29, 0.717) is 14.3 Å². The van der Waals surface area contributed by atoms with Crippen molar-refractivity contribution in [3.8, 4) is 11.6 Å². The minimum Gasteiger partial charge on any atom is -0.436 e. The maximum atomic E-state index is 11.3. The highest BCUT2D eigenvalue weighted by molar-refractivity contribution is 14.1. The lowest BCUT2D eigenvalue weighted by atomic mass is 10.3. The van der Waals surface area contributed by atoms with Gasteiger partial charge >= 0.3 is 0 Å². The first-order chi connectivity index (χ1) is 8.09. The molecule has 0 saturated heterocycles. The van der Waals surface area contributed by atoms with E-state index in [-0.39, 0.29) is 16.5 Å². The van der Waals surface area contributed by atoms with Crippen LogP contribution in [-0.2, 0) is 0 Å². The van der Waals surface area contributed by atoms with E-state index in [2.05, 4.69) is 9.97 Å². The van der Waals surface area contributed by atoms with E-state index in [9.17, 15) is 4.79 Å². The number of hydrogen-bond donors (Lipinski definition) is 1. The standard InChI is InChI=1S/C10H5Cl2IN2O2/c11-5-2-1-3-6(7(5)12)17-10-8(13)9(16)14-4-15-10/h1-4H,(H,14,15,16). The maximum absolute atomic E-state index is 11.3. The fourth-order valence-corrected chi connectivity index (χ4v) is 1.84. The van der Waals surface area contributed by atoms with E-state index in [1.54, 1.807) is 18.2 Å². The summed E-state index contributed by atoms with van der Waals surface area (Å²) in [6.45, 7) is 0. The summed E-state index contributed by atoms with van der Waals surface area (Å²) >= 11 is 13.7. The Bertz CT molecular complexity index is 615. The lowest BCUT2D eigenvalue weighted by molar-refractivity contribution is 0.456. The molecule has 2 aromatic rings. The van der Waals surface area contributed by atoms with E-state index >= 15 is 0 Å². The van der Waals surface area contributed by atoms with Crippen molar-refractivity contribution in [1.29, 1.82) is 0 Å². The Balaban J connectivity index is 2.42. The van der Waals surface area contributed by atoms with Crippen LogP contribution in [0.1, 0.15) is 0 Å². The quantitative estimate of drug-likeness (QED) is 0.809. The van der Waals surface area contributed by atoms with Crippen LogP contribution >= 0.6 is 45.8 Å². The van der Waals surface area contributed by atoms with E-state index in [0.717, 1.165) is 0 Å². The van der Waals surface area contributed by atoms with Crippen molar-refractivity contribution in [1.82, 2.24) is 9.97 Å². The van der Waals surface area contributed by atoms with Gasteiger partial charge in [0, 0.05) is 0 Å². The molecule has 0 unspecified atom stereocenters. The topological polar surface area (TPSA) is 55.0 Å². The zero-order valence-electron chi connectivity index (χ0n) is 8.21. The van der Waals surface area contributed by atoms with Crippen molar-refractivity contribution >= 4 is 45.8 Å². The van der Waals surface area contributed by atoms with Gasteiger partial charge in [0.1, 0.15) is 14.3 Å². The van der Waals surface area contributed by atoms with Crippen molar-refractivity contribution in [2.45, 2.75) is 0 Å². The number of nitrogens with one attached hydrogen (secondary N) is 1. The molecule has 0 aliphatic heterocycles. The first-order valence-corrected chi connectivity index (χ1v) is 6.28. The summed E-state index contributed by atoms with van der Waals surface area (Å²) in [5, 5.41) is 0.663. The van der Waals surface area contributed by atoms with E-state index in [1.807, 2.05) is 22.6 Å². The Morgan fingerprint density at radius 2 is 2.12 bits per heavy atom. The fourth-order valence-electron chi connectivity index (χ4n) is 1.10. The summed E-state index contributed by atoms with van der Waals surface area (Å²) in [6.07, 6.45) is 1.26. The number of H-pyrrole nitrogens is 1. The number of nitrogens with zero attached hydrogens (tertiary/aromatic N) is 1. The van der Waals surface area contributed by atoms with Crippen LogP contribution in [0.4, 0.5) is 0 Å². The average molecular weight is 383 g/mol. The van der Waals surface area contributed by atoms with Gasteiger partial charge in [-0.05, 0) is 34.7 Å². The second kappa shape index (κ2) is 5.24. The van der Waals surface area contributed by atoms with Crippen molar-refractivity contribution in [2.75, 3.05) is 0 Å². The molecule has 1 N–H and O–H groups in total. The zero-order valence-corrected chi connectivity index (χ0v) is 11.9. The predicted molar refractivity (Wildman–Crippen MR) is 74.1 cm³/mol. The van der Waals surface area contributed by atoms with Gasteiger partial charge in [0.2, 0.25) is 5.88 Å². The van der Waals surface area contributed by atoms with Crippen LogP contribution in [0.25, 0.3) is 0 Å². The third-order valence-electron chi connectivity index (χ3n) is 1.89. The van der Waals surface area contributed by atoms with Gasteiger partial charge in [-0.15, -0.1) is 0 Å². The fraction of sp³-hybridized carbons (Fsp3) is 0. The monoisotopic (exact) mass is 382 g/mol. The Morgan fingerprint density at radius 1 is 1.35 bits per heavy atom. The van der Waals surface area contributed by atoms with Gasteiger partial charge in [-0.2, -0.15) is 0 Å². The van der Waals surface area contributed by atoms with Crippen molar-refractivity contribution in [2.24, 2.45) is 0 Å². The van der Waals surface area contributed by atoms with Crippen LogP contribution < -0.4 is 10.3 Å². The molecule has 0 aliphatic carbocycles.